The number of furan rings is 1. The number of benzene rings is 3. The molecule has 0 spiro atoms. The topological polar surface area (TPSA) is 80.6 Å². The van der Waals surface area contributed by atoms with Gasteiger partial charge in [0.15, 0.2) is 5.76 Å². The molecule has 2 N–H and O–H groups in total. The number of halogens is 2. The van der Waals surface area contributed by atoms with Crippen molar-refractivity contribution in [3.8, 4) is 5.75 Å². The van der Waals surface area contributed by atoms with E-state index in [1.165, 1.54) is 6.08 Å². The Morgan fingerprint density at radius 2 is 1.79 bits per heavy atom. The molecule has 0 saturated carbocycles. The van der Waals surface area contributed by atoms with Crippen molar-refractivity contribution in [2.24, 2.45) is 0 Å². The molecule has 2 amide bonds. The third-order valence-corrected chi connectivity index (χ3v) is 6.09. The summed E-state index contributed by atoms with van der Waals surface area (Å²) in [5, 5.41) is 6.55. The normalized spacial score (nSPS) is 11.1. The van der Waals surface area contributed by atoms with Crippen LogP contribution in [-0.2, 0) is 4.79 Å². The second-order valence-corrected chi connectivity index (χ2v) is 9.23. The average molecular weight is 584 g/mol. The highest BCUT2D eigenvalue weighted by atomic mass is 79.9. The molecule has 8 heteroatoms. The van der Waals surface area contributed by atoms with Gasteiger partial charge in [-0.25, -0.2) is 0 Å². The van der Waals surface area contributed by atoms with Gasteiger partial charge < -0.3 is 19.8 Å². The van der Waals surface area contributed by atoms with Crippen LogP contribution < -0.4 is 15.4 Å². The van der Waals surface area contributed by atoms with Gasteiger partial charge in [-0.1, -0.05) is 34.1 Å². The zero-order chi connectivity index (χ0) is 24.2. The second-order valence-electron chi connectivity index (χ2n) is 7.46. The lowest BCUT2D eigenvalue weighted by Gasteiger charge is -2.10. The van der Waals surface area contributed by atoms with E-state index in [2.05, 4.69) is 42.5 Å². The zero-order valence-corrected chi connectivity index (χ0v) is 21.5. The number of hydrogen-bond acceptors (Lipinski definition) is 4. The molecule has 3 aromatic carbocycles. The predicted octanol–water partition coefficient (Wildman–Crippen LogP) is 7.18. The van der Waals surface area contributed by atoms with Gasteiger partial charge in [-0.3, -0.25) is 9.59 Å². The van der Waals surface area contributed by atoms with Crippen molar-refractivity contribution in [3.05, 3.63) is 92.6 Å². The first-order valence-electron chi connectivity index (χ1n) is 10.3. The van der Waals surface area contributed by atoms with E-state index in [1.54, 1.807) is 37.5 Å². The van der Waals surface area contributed by atoms with Crippen molar-refractivity contribution in [1.82, 2.24) is 0 Å². The van der Waals surface area contributed by atoms with E-state index < -0.39 is 0 Å². The van der Waals surface area contributed by atoms with Gasteiger partial charge in [0, 0.05) is 32.9 Å². The van der Waals surface area contributed by atoms with Crippen LogP contribution in [0.3, 0.4) is 0 Å². The maximum atomic E-state index is 12.6. The van der Waals surface area contributed by atoms with Gasteiger partial charge in [-0.05, 0) is 77.0 Å². The van der Waals surface area contributed by atoms with Crippen LogP contribution in [0.4, 0.5) is 11.4 Å². The molecule has 0 bridgehead atoms. The van der Waals surface area contributed by atoms with Crippen molar-refractivity contribution in [2.45, 2.75) is 6.92 Å². The van der Waals surface area contributed by atoms with E-state index in [0.29, 0.717) is 22.7 Å². The standard InChI is InChI=1S/C26H20Br2N2O4/c1-15-11-19(29-24(31)10-7-17-12-18(27)14-20(28)25(17)33-2)8-9-21(15)30-26(32)23-13-16-5-3-4-6-22(16)34-23/h3-14H,1-2H3,(H,29,31)(H,30,32)/b10-7+. The van der Waals surface area contributed by atoms with Crippen LogP contribution in [0.2, 0.25) is 0 Å². The minimum atomic E-state index is -0.340. The Balaban J connectivity index is 1.43. The van der Waals surface area contributed by atoms with Gasteiger partial charge in [0.05, 0.1) is 11.6 Å². The Labute approximate surface area is 213 Å². The van der Waals surface area contributed by atoms with E-state index in [1.807, 2.05) is 43.3 Å². The molecule has 1 aromatic heterocycles. The summed E-state index contributed by atoms with van der Waals surface area (Å²) in [5.74, 6) is 0.232. The molecule has 6 nitrogen and oxygen atoms in total. The van der Waals surface area contributed by atoms with Crippen LogP contribution >= 0.6 is 31.9 Å². The van der Waals surface area contributed by atoms with Crippen LogP contribution in [0.25, 0.3) is 17.0 Å². The molecule has 0 aliphatic rings. The maximum absolute atomic E-state index is 12.6. The lowest BCUT2D eigenvalue weighted by molar-refractivity contribution is -0.111. The molecule has 0 atom stereocenters. The first-order valence-corrected chi connectivity index (χ1v) is 11.9. The summed E-state index contributed by atoms with van der Waals surface area (Å²) in [6, 6.07) is 18.1. The number of hydrogen-bond donors (Lipinski definition) is 2. The van der Waals surface area contributed by atoms with E-state index >= 15 is 0 Å². The zero-order valence-electron chi connectivity index (χ0n) is 18.3. The molecule has 0 aliphatic heterocycles. The molecule has 0 fully saturated rings. The first kappa shape index (κ1) is 23.8. The van der Waals surface area contributed by atoms with Crippen molar-refractivity contribution in [3.63, 3.8) is 0 Å². The molecular formula is C26H20Br2N2O4. The summed E-state index contributed by atoms with van der Waals surface area (Å²) in [5.41, 5.74) is 3.44. The number of para-hydroxylation sites is 1. The SMILES string of the molecule is COc1c(Br)cc(Br)cc1/C=C/C(=O)Nc1ccc(NC(=O)c2cc3ccccc3o2)c(C)c1. The Hall–Kier alpha value is -3.36. The van der Waals surface area contributed by atoms with Crippen molar-refractivity contribution in [1.29, 1.82) is 0 Å². The fourth-order valence-corrected chi connectivity index (χ4v) is 4.85. The van der Waals surface area contributed by atoms with Gasteiger partial charge in [-0.2, -0.15) is 0 Å². The van der Waals surface area contributed by atoms with E-state index in [4.69, 9.17) is 9.15 Å². The van der Waals surface area contributed by atoms with Crippen molar-refractivity contribution >= 4 is 72.1 Å². The van der Waals surface area contributed by atoms with Crippen LogP contribution in [0, 0.1) is 6.92 Å². The minimum absolute atomic E-state index is 0.234. The highest BCUT2D eigenvalue weighted by Crippen LogP contribution is 2.33. The van der Waals surface area contributed by atoms with Gasteiger partial charge in [0.2, 0.25) is 5.91 Å². The summed E-state index contributed by atoms with van der Waals surface area (Å²) in [7, 11) is 1.57. The Bertz CT molecular complexity index is 1390. The number of aryl methyl sites for hydroxylation is 1. The summed E-state index contributed by atoms with van der Waals surface area (Å²) in [6.07, 6.45) is 3.11. The number of amides is 2. The molecule has 1 heterocycles. The lowest BCUT2D eigenvalue weighted by Crippen LogP contribution is -2.12. The highest BCUT2D eigenvalue weighted by molar-refractivity contribution is 9.11. The highest BCUT2D eigenvalue weighted by Gasteiger charge is 2.14. The Morgan fingerprint density at radius 1 is 1.00 bits per heavy atom. The molecule has 4 rings (SSSR count). The van der Waals surface area contributed by atoms with Crippen LogP contribution in [0.15, 0.2) is 80.1 Å². The average Bonchev–Trinajstić information content (AvgIpc) is 3.24. The predicted molar refractivity (Wildman–Crippen MR) is 141 cm³/mol. The molecule has 0 saturated heterocycles. The third kappa shape index (κ3) is 5.40. The molecule has 172 valence electrons. The van der Waals surface area contributed by atoms with Crippen LogP contribution in [0.5, 0.6) is 5.75 Å². The molecular weight excluding hydrogens is 564 g/mol. The number of ether oxygens (including phenoxy) is 1. The summed E-state index contributed by atoms with van der Waals surface area (Å²) >= 11 is 6.89. The number of carbonyl (C=O) groups excluding carboxylic acids is 2. The third-order valence-electron chi connectivity index (χ3n) is 5.05. The number of methoxy groups -OCH3 is 1. The summed E-state index contributed by atoms with van der Waals surface area (Å²) < 4.78 is 12.7. The van der Waals surface area contributed by atoms with E-state index in [-0.39, 0.29) is 17.6 Å². The Kier molecular flexibility index (Phi) is 7.19. The number of nitrogens with one attached hydrogen (secondary N) is 2. The van der Waals surface area contributed by atoms with Crippen LogP contribution in [-0.4, -0.2) is 18.9 Å². The quantitative estimate of drug-likeness (QED) is 0.236. The Morgan fingerprint density at radius 3 is 2.53 bits per heavy atom. The number of fused-ring (bicyclic) bond motifs is 1. The van der Waals surface area contributed by atoms with E-state index in [0.717, 1.165) is 25.5 Å². The summed E-state index contributed by atoms with van der Waals surface area (Å²) in [4.78, 5) is 25.1. The van der Waals surface area contributed by atoms with Gasteiger partial charge >= 0.3 is 0 Å². The van der Waals surface area contributed by atoms with Crippen molar-refractivity contribution in [2.75, 3.05) is 17.7 Å². The molecule has 0 radical (unpaired) electrons. The van der Waals surface area contributed by atoms with Gasteiger partial charge in [-0.15, -0.1) is 0 Å². The minimum Gasteiger partial charge on any atom is -0.495 e. The second kappa shape index (κ2) is 10.3. The monoisotopic (exact) mass is 582 g/mol. The fourth-order valence-electron chi connectivity index (χ4n) is 3.43. The largest absolute Gasteiger partial charge is 0.495 e. The van der Waals surface area contributed by atoms with Crippen molar-refractivity contribution < 1.29 is 18.7 Å². The molecule has 4 aromatic rings. The van der Waals surface area contributed by atoms with E-state index in [9.17, 15) is 9.59 Å². The lowest BCUT2D eigenvalue weighted by atomic mass is 10.1. The first-order chi connectivity index (χ1) is 16.3. The van der Waals surface area contributed by atoms with Gasteiger partial charge in [0.1, 0.15) is 11.3 Å². The summed E-state index contributed by atoms with van der Waals surface area (Å²) in [6.45, 7) is 1.85. The fraction of sp³-hybridized carbons (Fsp3) is 0.0769. The number of rotatable bonds is 6. The molecule has 0 aliphatic carbocycles. The van der Waals surface area contributed by atoms with Gasteiger partial charge in [0.25, 0.3) is 5.91 Å². The smallest absolute Gasteiger partial charge is 0.291 e. The maximum Gasteiger partial charge on any atom is 0.291 e. The number of carbonyl (C=O) groups is 2. The molecule has 0 unspecified atom stereocenters. The molecule has 34 heavy (non-hydrogen) atoms. The number of anilines is 2. The van der Waals surface area contributed by atoms with Crippen LogP contribution in [0.1, 0.15) is 21.7 Å².